The Morgan fingerprint density at radius 2 is 1.60 bits per heavy atom. The van der Waals surface area contributed by atoms with Gasteiger partial charge in [-0.25, -0.2) is 0 Å². The Morgan fingerprint density at radius 3 is 2.20 bits per heavy atom. The van der Waals surface area contributed by atoms with Crippen molar-refractivity contribution in [2.45, 2.75) is 18.5 Å². The minimum atomic E-state index is -0.830. The highest BCUT2D eigenvalue weighted by atomic mass is 16.2. The van der Waals surface area contributed by atoms with Crippen LogP contribution in [0.5, 0.6) is 0 Å². The zero-order valence-electron chi connectivity index (χ0n) is 14.2. The second-order valence-electron chi connectivity index (χ2n) is 5.66. The highest BCUT2D eigenvalue weighted by molar-refractivity contribution is 5.91. The van der Waals surface area contributed by atoms with Crippen LogP contribution in [0, 0.1) is 0 Å². The number of nitrogens with one attached hydrogen (secondary N) is 2. The maximum Gasteiger partial charge on any atom is 0.242 e. The van der Waals surface area contributed by atoms with Gasteiger partial charge >= 0.3 is 0 Å². The van der Waals surface area contributed by atoms with Gasteiger partial charge in [-0.3, -0.25) is 9.59 Å². The number of hydrogen-bond donors (Lipinski definition) is 3. The van der Waals surface area contributed by atoms with Crippen LogP contribution < -0.4 is 16.4 Å². The minimum absolute atomic E-state index is 0.253. The van der Waals surface area contributed by atoms with Crippen molar-refractivity contribution in [2.75, 3.05) is 7.05 Å². The second-order valence-corrected chi connectivity index (χ2v) is 5.66. The van der Waals surface area contributed by atoms with Gasteiger partial charge in [-0.1, -0.05) is 72.8 Å². The molecule has 0 radical (unpaired) electrons. The third-order valence-electron chi connectivity index (χ3n) is 3.76. The average molecular weight is 337 g/mol. The molecule has 2 aromatic carbocycles. The van der Waals surface area contributed by atoms with Crippen molar-refractivity contribution < 1.29 is 9.59 Å². The predicted octanol–water partition coefficient (Wildman–Crippen LogP) is 1.50. The number of carbonyl (C=O) groups is 2. The van der Waals surface area contributed by atoms with Gasteiger partial charge in [-0.05, 0) is 11.1 Å². The number of hydrogen-bond acceptors (Lipinski definition) is 3. The Labute approximate surface area is 147 Å². The number of rotatable bonds is 7. The molecule has 0 heterocycles. The molecule has 130 valence electrons. The molecule has 0 saturated heterocycles. The summed E-state index contributed by atoms with van der Waals surface area (Å²) in [7, 11) is 1.54. The molecule has 2 rings (SSSR count). The number of likely N-dealkylation sites (N-methyl/N-ethyl adjacent to an activating group) is 1. The van der Waals surface area contributed by atoms with Gasteiger partial charge in [0.15, 0.2) is 0 Å². The second kappa shape index (κ2) is 9.39. The fraction of sp³-hybridized carbons (Fsp3) is 0.200. The quantitative estimate of drug-likeness (QED) is 0.716. The van der Waals surface area contributed by atoms with Gasteiger partial charge in [0.1, 0.15) is 12.1 Å². The van der Waals surface area contributed by atoms with Gasteiger partial charge in [0.25, 0.3) is 0 Å². The molecule has 2 aromatic rings. The lowest BCUT2D eigenvalue weighted by atomic mass is 10.0. The largest absolute Gasteiger partial charge is 0.357 e. The van der Waals surface area contributed by atoms with Crippen molar-refractivity contribution in [3.63, 3.8) is 0 Å². The SMILES string of the molecule is CNC(=O)C(Cc1ccccc1)NC(=O)C(N)/C=C/c1ccccc1. The van der Waals surface area contributed by atoms with Crippen molar-refractivity contribution in [2.24, 2.45) is 5.73 Å². The number of benzene rings is 2. The van der Waals surface area contributed by atoms with Crippen LogP contribution in [-0.2, 0) is 16.0 Å². The maximum atomic E-state index is 12.3. The third-order valence-corrected chi connectivity index (χ3v) is 3.76. The van der Waals surface area contributed by atoms with Crippen LogP contribution in [0.4, 0.5) is 0 Å². The van der Waals surface area contributed by atoms with Crippen LogP contribution in [0.15, 0.2) is 66.7 Å². The monoisotopic (exact) mass is 337 g/mol. The molecule has 0 spiro atoms. The van der Waals surface area contributed by atoms with E-state index in [1.165, 1.54) is 0 Å². The van der Waals surface area contributed by atoms with E-state index in [0.29, 0.717) is 6.42 Å². The smallest absolute Gasteiger partial charge is 0.242 e. The third kappa shape index (κ3) is 5.90. The minimum Gasteiger partial charge on any atom is -0.357 e. The molecule has 2 amide bonds. The molecule has 25 heavy (non-hydrogen) atoms. The summed E-state index contributed by atoms with van der Waals surface area (Å²) in [6.45, 7) is 0. The van der Waals surface area contributed by atoms with E-state index < -0.39 is 18.0 Å². The highest BCUT2D eigenvalue weighted by Gasteiger charge is 2.22. The van der Waals surface area contributed by atoms with Crippen LogP contribution in [0.25, 0.3) is 6.08 Å². The Bertz CT molecular complexity index is 714. The average Bonchev–Trinajstić information content (AvgIpc) is 2.66. The van der Waals surface area contributed by atoms with Crippen molar-refractivity contribution in [1.82, 2.24) is 10.6 Å². The van der Waals surface area contributed by atoms with Crippen LogP contribution in [0.2, 0.25) is 0 Å². The zero-order chi connectivity index (χ0) is 18.1. The lowest BCUT2D eigenvalue weighted by Crippen LogP contribution is -2.51. The fourth-order valence-electron chi connectivity index (χ4n) is 2.37. The molecule has 5 heteroatoms. The molecule has 0 aromatic heterocycles. The molecule has 0 saturated carbocycles. The van der Waals surface area contributed by atoms with E-state index in [4.69, 9.17) is 5.73 Å². The molecular formula is C20H23N3O2. The molecule has 2 atom stereocenters. The lowest BCUT2D eigenvalue weighted by molar-refractivity contribution is -0.128. The van der Waals surface area contributed by atoms with Crippen molar-refractivity contribution in [1.29, 1.82) is 0 Å². The molecule has 0 aliphatic carbocycles. The number of nitrogens with two attached hydrogens (primary N) is 1. The summed E-state index contributed by atoms with van der Waals surface area (Å²) >= 11 is 0. The highest BCUT2D eigenvalue weighted by Crippen LogP contribution is 2.05. The molecule has 0 aliphatic heterocycles. The van der Waals surface area contributed by atoms with E-state index in [1.54, 1.807) is 19.2 Å². The first kappa shape index (κ1) is 18.4. The summed E-state index contributed by atoms with van der Waals surface area (Å²) < 4.78 is 0. The van der Waals surface area contributed by atoms with Crippen LogP contribution in [0.3, 0.4) is 0 Å². The van der Waals surface area contributed by atoms with Crippen molar-refractivity contribution in [3.05, 3.63) is 77.9 Å². The molecule has 4 N–H and O–H groups in total. The first-order valence-corrected chi connectivity index (χ1v) is 8.15. The van der Waals surface area contributed by atoms with Gasteiger partial charge < -0.3 is 16.4 Å². The van der Waals surface area contributed by atoms with Crippen molar-refractivity contribution in [3.8, 4) is 0 Å². The molecule has 5 nitrogen and oxygen atoms in total. The summed E-state index contributed by atoms with van der Waals surface area (Å²) in [5.74, 6) is -0.645. The summed E-state index contributed by atoms with van der Waals surface area (Å²) in [5, 5.41) is 5.30. The number of amides is 2. The van der Waals surface area contributed by atoms with Gasteiger partial charge in [0.05, 0.1) is 0 Å². The summed E-state index contributed by atoms with van der Waals surface area (Å²) in [4.78, 5) is 24.4. The molecule has 2 unspecified atom stereocenters. The van der Waals surface area contributed by atoms with E-state index in [9.17, 15) is 9.59 Å². The van der Waals surface area contributed by atoms with Crippen LogP contribution >= 0.6 is 0 Å². The van der Waals surface area contributed by atoms with Crippen LogP contribution in [0.1, 0.15) is 11.1 Å². The molecule has 0 aliphatic rings. The zero-order valence-corrected chi connectivity index (χ0v) is 14.2. The summed E-state index contributed by atoms with van der Waals surface area (Å²) in [5.41, 5.74) is 7.84. The molecule has 0 bridgehead atoms. The fourth-order valence-corrected chi connectivity index (χ4v) is 2.37. The van der Waals surface area contributed by atoms with E-state index >= 15 is 0 Å². The van der Waals surface area contributed by atoms with Crippen molar-refractivity contribution >= 4 is 17.9 Å². The Kier molecular flexibility index (Phi) is 6.92. The van der Waals surface area contributed by atoms with E-state index in [2.05, 4.69) is 10.6 Å². The first-order valence-electron chi connectivity index (χ1n) is 8.15. The van der Waals surface area contributed by atoms with Gasteiger partial charge in [-0.15, -0.1) is 0 Å². The normalized spacial score (nSPS) is 13.2. The first-order chi connectivity index (χ1) is 12.1. The van der Waals surface area contributed by atoms with Gasteiger partial charge in [0, 0.05) is 13.5 Å². The van der Waals surface area contributed by atoms with E-state index in [0.717, 1.165) is 11.1 Å². The number of carbonyl (C=O) groups excluding carboxylic acids is 2. The maximum absolute atomic E-state index is 12.3. The topological polar surface area (TPSA) is 84.2 Å². The lowest BCUT2D eigenvalue weighted by Gasteiger charge is -2.19. The molecular weight excluding hydrogens is 314 g/mol. The Morgan fingerprint density at radius 1 is 1.00 bits per heavy atom. The van der Waals surface area contributed by atoms with Crippen LogP contribution in [-0.4, -0.2) is 30.9 Å². The standard InChI is InChI=1S/C20H23N3O2/c1-22-20(25)18(14-16-10-6-3-7-11-16)23-19(24)17(21)13-12-15-8-4-2-5-9-15/h2-13,17-18H,14,21H2,1H3,(H,22,25)(H,23,24)/b13-12+. The predicted molar refractivity (Wildman–Crippen MR) is 99.6 cm³/mol. The molecule has 0 fully saturated rings. The van der Waals surface area contributed by atoms with Gasteiger partial charge in [-0.2, -0.15) is 0 Å². The Hall–Kier alpha value is -2.92. The Balaban J connectivity index is 2.00. The van der Waals surface area contributed by atoms with E-state index in [1.807, 2.05) is 60.7 Å². The summed E-state index contributed by atoms with van der Waals surface area (Å²) in [6, 6.07) is 17.6. The van der Waals surface area contributed by atoms with E-state index in [-0.39, 0.29) is 5.91 Å². The van der Waals surface area contributed by atoms with Gasteiger partial charge in [0.2, 0.25) is 11.8 Å². The summed E-state index contributed by atoms with van der Waals surface area (Å²) in [6.07, 6.45) is 3.81.